The Balaban J connectivity index is 2.06. The number of rotatable bonds is 1. The fourth-order valence-electron chi connectivity index (χ4n) is 2.78. The summed E-state index contributed by atoms with van der Waals surface area (Å²) in [5.41, 5.74) is 0.166. The Morgan fingerprint density at radius 3 is 2.93 bits per heavy atom. The van der Waals surface area contributed by atoms with Crippen LogP contribution in [-0.2, 0) is 9.53 Å². The molecule has 1 saturated heterocycles. The van der Waals surface area contributed by atoms with E-state index in [1.54, 1.807) is 0 Å². The molecule has 1 aliphatic heterocycles. The van der Waals surface area contributed by atoms with Crippen LogP contribution >= 0.6 is 0 Å². The summed E-state index contributed by atoms with van der Waals surface area (Å²) in [6.07, 6.45) is 3.50. The molecule has 4 nitrogen and oxygen atoms in total. The van der Waals surface area contributed by atoms with Crippen molar-refractivity contribution in [2.75, 3.05) is 6.61 Å². The van der Waals surface area contributed by atoms with E-state index in [9.17, 15) is 4.79 Å². The molecule has 2 N–H and O–H groups in total. The molecule has 2 aliphatic rings. The second-order valence-electron chi connectivity index (χ2n) is 5.30. The number of morpholine rings is 1. The molecule has 1 heterocycles. The maximum atomic E-state index is 10.8. The molecule has 3 unspecified atom stereocenters. The highest BCUT2D eigenvalue weighted by Gasteiger charge is 2.44. The highest BCUT2D eigenvalue weighted by molar-refractivity contribution is 5.73. The monoisotopic (exact) mass is 213 g/mol. The van der Waals surface area contributed by atoms with E-state index in [0.717, 1.165) is 19.3 Å². The number of ether oxygens (including phenoxy) is 1. The highest BCUT2D eigenvalue weighted by atomic mass is 16.5. The Morgan fingerprint density at radius 1 is 1.53 bits per heavy atom. The second-order valence-corrected chi connectivity index (χ2v) is 5.30. The van der Waals surface area contributed by atoms with Crippen LogP contribution in [0.15, 0.2) is 0 Å². The van der Waals surface area contributed by atoms with E-state index in [0.29, 0.717) is 6.61 Å². The molecule has 15 heavy (non-hydrogen) atoms. The van der Waals surface area contributed by atoms with E-state index in [1.165, 1.54) is 0 Å². The van der Waals surface area contributed by atoms with Crippen LogP contribution in [0, 0.1) is 5.41 Å². The first-order valence-electron chi connectivity index (χ1n) is 5.61. The number of carbonyl (C=O) groups is 1. The number of carboxylic acids is 1. The van der Waals surface area contributed by atoms with Crippen molar-refractivity contribution in [3.05, 3.63) is 0 Å². The molecule has 0 aromatic rings. The van der Waals surface area contributed by atoms with Crippen LogP contribution in [0.25, 0.3) is 0 Å². The number of nitrogens with one attached hydrogen (secondary N) is 1. The fourth-order valence-corrected chi connectivity index (χ4v) is 2.78. The van der Waals surface area contributed by atoms with Gasteiger partial charge in [-0.3, -0.25) is 10.1 Å². The van der Waals surface area contributed by atoms with Crippen molar-refractivity contribution in [3.8, 4) is 0 Å². The molecule has 0 amide bonds. The van der Waals surface area contributed by atoms with Crippen LogP contribution in [0.4, 0.5) is 0 Å². The number of fused-ring (bicyclic) bond motifs is 1. The lowest BCUT2D eigenvalue weighted by Gasteiger charge is -2.47. The third-order valence-electron chi connectivity index (χ3n) is 3.63. The van der Waals surface area contributed by atoms with E-state index in [4.69, 9.17) is 9.84 Å². The summed E-state index contributed by atoms with van der Waals surface area (Å²) in [6.45, 7) is 4.69. The Hall–Kier alpha value is -0.610. The average Bonchev–Trinajstić information content (AvgIpc) is 2.16. The summed E-state index contributed by atoms with van der Waals surface area (Å²) < 4.78 is 5.73. The predicted octanol–water partition coefficient (Wildman–Crippen LogP) is 1.01. The minimum atomic E-state index is -0.808. The largest absolute Gasteiger partial charge is 0.480 e. The summed E-state index contributed by atoms with van der Waals surface area (Å²) in [7, 11) is 0. The van der Waals surface area contributed by atoms with Gasteiger partial charge in [-0.2, -0.15) is 0 Å². The van der Waals surface area contributed by atoms with Crippen molar-refractivity contribution >= 4 is 5.97 Å². The van der Waals surface area contributed by atoms with Gasteiger partial charge in [-0.25, -0.2) is 0 Å². The molecule has 1 saturated carbocycles. The Labute approximate surface area is 90.0 Å². The van der Waals surface area contributed by atoms with Gasteiger partial charge in [0.15, 0.2) is 0 Å². The molecule has 2 rings (SSSR count). The molecule has 86 valence electrons. The lowest BCUT2D eigenvalue weighted by Crippen LogP contribution is -2.62. The van der Waals surface area contributed by atoms with Crippen LogP contribution in [0.1, 0.15) is 33.1 Å². The first-order chi connectivity index (χ1) is 7.00. The zero-order chi connectivity index (χ0) is 11.1. The molecule has 4 heteroatoms. The van der Waals surface area contributed by atoms with Gasteiger partial charge >= 0.3 is 5.97 Å². The van der Waals surface area contributed by atoms with Crippen LogP contribution < -0.4 is 5.32 Å². The van der Waals surface area contributed by atoms with E-state index in [2.05, 4.69) is 19.2 Å². The van der Waals surface area contributed by atoms with Gasteiger partial charge in [0, 0.05) is 6.04 Å². The van der Waals surface area contributed by atoms with Crippen LogP contribution in [-0.4, -0.2) is 35.9 Å². The number of hydrogen-bond donors (Lipinski definition) is 2. The normalized spacial score (nSPS) is 39.5. The molecule has 0 aromatic heterocycles. The average molecular weight is 213 g/mol. The standard InChI is InChI=1S/C11H19NO3/c1-11(2)5-3-4-7-9(11)15-6-8(12-7)10(13)14/h7-9,12H,3-6H2,1-2H3,(H,13,14). The van der Waals surface area contributed by atoms with Crippen molar-refractivity contribution in [1.29, 1.82) is 0 Å². The molecule has 0 spiro atoms. The summed E-state index contributed by atoms with van der Waals surface area (Å²) in [5.74, 6) is -0.808. The maximum Gasteiger partial charge on any atom is 0.323 e. The van der Waals surface area contributed by atoms with Gasteiger partial charge in [0.2, 0.25) is 0 Å². The Morgan fingerprint density at radius 2 is 2.27 bits per heavy atom. The third kappa shape index (κ3) is 2.01. The Bertz CT molecular complexity index is 265. The number of aliphatic carboxylic acids is 1. The molecule has 3 atom stereocenters. The molecule has 0 bridgehead atoms. The minimum absolute atomic E-state index is 0.166. The molecule has 1 aliphatic carbocycles. The van der Waals surface area contributed by atoms with Gasteiger partial charge in [0.25, 0.3) is 0 Å². The summed E-state index contributed by atoms with van der Waals surface area (Å²) in [4.78, 5) is 10.8. The zero-order valence-electron chi connectivity index (χ0n) is 9.32. The van der Waals surface area contributed by atoms with Crippen molar-refractivity contribution in [2.45, 2.75) is 51.3 Å². The zero-order valence-corrected chi connectivity index (χ0v) is 9.32. The second kappa shape index (κ2) is 3.76. The van der Waals surface area contributed by atoms with Gasteiger partial charge in [0.05, 0.1) is 12.7 Å². The molecular formula is C11H19NO3. The van der Waals surface area contributed by atoms with Crippen LogP contribution in [0.5, 0.6) is 0 Å². The summed E-state index contributed by atoms with van der Waals surface area (Å²) in [5, 5.41) is 12.1. The lowest BCUT2D eigenvalue weighted by atomic mass is 9.71. The molecule has 0 aromatic carbocycles. The van der Waals surface area contributed by atoms with E-state index in [-0.39, 0.29) is 17.6 Å². The minimum Gasteiger partial charge on any atom is -0.480 e. The number of carboxylic acid groups (broad SMARTS) is 1. The van der Waals surface area contributed by atoms with Crippen molar-refractivity contribution in [2.24, 2.45) is 5.41 Å². The summed E-state index contributed by atoms with van der Waals surface area (Å²) in [6, 6.07) is -0.316. The third-order valence-corrected chi connectivity index (χ3v) is 3.63. The summed E-state index contributed by atoms with van der Waals surface area (Å²) >= 11 is 0. The fraction of sp³-hybridized carbons (Fsp3) is 0.909. The Kier molecular flexibility index (Phi) is 2.73. The first-order valence-corrected chi connectivity index (χ1v) is 5.61. The smallest absolute Gasteiger partial charge is 0.323 e. The molecule has 2 fully saturated rings. The van der Waals surface area contributed by atoms with Crippen molar-refractivity contribution in [1.82, 2.24) is 5.32 Å². The van der Waals surface area contributed by atoms with Crippen molar-refractivity contribution in [3.63, 3.8) is 0 Å². The van der Waals surface area contributed by atoms with Gasteiger partial charge in [-0.05, 0) is 18.3 Å². The van der Waals surface area contributed by atoms with Gasteiger partial charge in [0.1, 0.15) is 6.04 Å². The molecular weight excluding hydrogens is 194 g/mol. The topological polar surface area (TPSA) is 58.6 Å². The van der Waals surface area contributed by atoms with Crippen LogP contribution in [0.3, 0.4) is 0 Å². The SMILES string of the molecule is CC1(C)CCCC2NC(C(=O)O)COC21. The van der Waals surface area contributed by atoms with E-state index < -0.39 is 12.0 Å². The predicted molar refractivity (Wildman–Crippen MR) is 55.7 cm³/mol. The van der Waals surface area contributed by atoms with Crippen LogP contribution in [0.2, 0.25) is 0 Å². The number of hydrogen-bond acceptors (Lipinski definition) is 3. The maximum absolute atomic E-state index is 10.8. The van der Waals surface area contributed by atoms with E-state index >= 15 is 0 Å². The van der Waals surface area contributed by atoms with Gasteiger partial charge in [-0.1, -0.05) is 20.3 Å². The quantitative estimate of drug-likeness (QED) is 0.682. The van der Waals surface area contributed by atoms with Gasteiger partial charge < -0.3 is 9.84 Å². The lowest BCUT2D eigenvalue weighted by molar-refractivity contribution is -0.153. The van der Waals surface area contributed by atoms with E-state index in [1.807, 2.05) is 0 Å². The van der Waals surface area contributed by atoms with Gasteiger partial charge in [-0.15, -0.1) is 0 Å². The molecule has 0 radical (unpaired) electrons. The first kappa shape index (κ1) is 10.9. The highest BCUT2D eigenvalue weighted by Crippen LogP contribution is 2.39. The van der Waals surface area contributed by atoms with Crippen molar-refractivity contribution < 1.29 is 14.6 Å².